The summed E-state index contributed by atoms with van der Waals surface area (Å²) in [6.45, 7) is 5.56. The van der Waals surface area contributed by atoms with E-state index < -0.39 is 0 Å². The lowest BCUT2D eigenvalue weighted by Crippen LogP contribution is -2.33. The van der Waals surface area contributed by atoms with Gasteiger partial charge in [0, 0.05) is 12.6 Å². The van der Waals surface area contributed by atoms with E-state index in [4.69, 9.17) is 4.74 Å². The van der Waals surface area contributed by atoms with E-state index in [1.54, 1.807) is 0 Å². The van der Waals surface area contributed by atoms with Gasteiger partial charge in [0.25, 0.3) is 0 Å². The Morgan fingerprint density at radius 3 is 2.75 bits per heavy atom. The van der Waals surface area contributed by atoms with E-state index in [0.29, 0.717) is 12.2 Å². The van der Waals surface area contributed by atoms with Gasteiger partial charge in [-0.05, 0) is 38.5 Å². The Bertz CT molecular complexity index is 203. The fraction of sp³-hybridized carbons (Fsp3) is 1.00. The molecular weight excluding hydrogens is 198 g/mol. The maximum Gasteiger partial charge on any atom is 0.0675 e. The van der Waals surface area contributed by atoms with E-state index >= 15 is 0 Å². The highest BCUT2D eigenvalue weighted by molar-refractivity contribution is 4.82. The van der Waals surface area contributed by atoms with E-state index in [9.17, 15) is 0 Å². The Morgan fingerprint density at radius 2 is 2.06 bits per heavy atom. The van der Waals surface area contributed by atoms with Gasteiger partial charge in [0.2, 0.25) is 0 Å². The highest BCUT2D eigenvalue weighted by atomic mass is 16.5. The smallest absolute Gasteiger partial charge is 0.0675 e. The summed E-state index contributed by atoms with van der Waals surface area (Å²) in [7, 11) is 0. The maximum absolute atomic E-state index is 6.14. The molecule has 2 rings (SSSR count). The van der Waals surface area contributed by atoms with Crippen molar-refractivity contribution in [3.8, 4) is 0 Å². The third-order valence-electron chi connectivity index (χ3n) is 4.01. The fourth-order valence-corrected chi connectivity index (χ4v) is 2.73. The summed E-state index contributed by atoms with van der Waals surface area (Å²) in [4.78, 5) is 0. The number of nitrogens with one attached hydrogen (secondary N) is 1. The molecule has 0 aliphatic heterocycles. The van der Waals surface area contributed by atoms with Gasteiger partial charge in [0.15, 0.2) is 0 Å². The Kier molecular flexibility index (Phi) is 4.66. The van der Waals surface area contributed by atoms with Crippen LogP contribution < -0.4 is 5.32 Å². The summed E-state index contributed by atoms with van der Waals surface area (Å²) in [6.07, 6.45) is 10.4. The largest absolute Gasteiger partial charge is 0.374 e. The van der Waals surface area contributed by atoms with E-state index in [-0.39, 0.29) is 0 Å². The van der Waals surface area contributed by atoms with Crippen LogP contribution in [0.4, 0.5) is 0 Å². The maximum atomic E-state index is 6.14. The van der Waals surface area contributed by atoms with E-state index in [1.165, 1.54) is 44.9 Å². The third kappa shape index (κ3) is 4.06. The molecule has 0 aromatic rings. The zero-order valence-corrected chi connectivity index (χ0v) is 10.9. The Balaban J connectivity index is 1.62. The minimum atomic E-state index is 0.390. The summed E-state index contributed by atoms with van der Waals surface area (Å²) >= 11 is 0. The standard InChI is InChI=1S/C14H27NO/c1-3-12-5-4-6-14(9-12)16-11(2)10-15-13-7-8-13/h11-15H,3-10H2,1-2H3. The Labute approximate surface area is 100 Å². The Hall–Kier alpha value is -0.0800. The summed E-state index contributed by atoms with van der Waals surface area (Å²) < 4.78 is 6.14. The predicted octanol–water partition coefficient (Wildman–Crippen LogP) is 3.11. The molecule has 0 amide bonds. The molecule has 0 aromatic heterocycles. The van der Waals surface area contributed by atoms with Crippen molar-refractivity contribution in [2.24, 2.45) is 5.92 Å². The first kappa shape index (κ1) is 12.4. The number of hydrogen-bond donors (Lipinski definition) is 1. The number of rotatable bonds is 6. The van der Waals surface area contributed by atoms with Crippen LogP contribution in [0.25, 0.3) is 0 Å². The van der Waals surface area contributed by atoms with Gasteiger partial charge in [0.1, 0.15) is 0 Å². The van der Waals surface area contributed by atoms with Gasteiger partial charge in [-0.25, -0.2) is 0 Å². The quantitative estimate of drug-likeness (QED) is 0.750. The topological polar surface area (TPSA) is 21.3 Å². The Morgan fingerprint density at radius 1 is 1.25 bits per heavy atom. The second-order valence-electron chi connectivity index (χ2n) is 5.69. The predicted molar refractivity (Wildman–Crippen MR) is 67.6 cm³/mol. The van der Waals surface area contributed by atoms with Crippen molar-refractivity contribution >= 4 is 0 Å². The minimum absolute atomic E-state index is 0.390. The van der Waals surface area contributed by atoms with Crippen molar-refractivity contribution in [2.45, 2.75) is 77.0 Å². The molecule has 2 saturated carbocycles. The first-order chi connectivity index (χ1) is 7.78. The van der Waals surface area contributed by atoms with Gasteiger partial charge in [0.05, 0.1) is 12.2 Å². The molecule has 0 bridgehead atoms. The second-order valence-corrected chi connectivity index (χ2v) is 5.69. The van der Waals surface area contributed by atoms with Crippen molar-refractivity contribution < 1.29 is 4.74 Å². The molecule has 94 valence electrons. The molecule has 3 atom stereocenters. The van der Waals surface area contributed by atoms with Gasteiger partial charge in [-0.15, -0.1) is 0 Å². The molecular formula is C14H27NO. The average Bonchev–Trinajstić information content (AvgIpc) is 3.10. The lowest BCUT2D eigenvalue weighted by Gasteiger charge is -2.30. The molecule has 2 nitrogen and oxygen atoms in total. The molecule has 2 fully saturated rings. The summed E-state index contributed by atoms with van der Waals surface area (Å²) in [6, 6.07) is 0.806. The van der Waals surface area contributed by atoms with Crippen LogP contribution in [0.3, 0.4) is 0 Å². The molecule has 3 unspecified atom stereocenters. The first-order valence-electron chi connectivity index (χ1n) is 7.16. The molecule has 0 aromatic carbocycles. The molecule has 1 N–H and O–H groups in total. The van der Waals surface area contributed by atoms with Gasteiger partial charge in [-0.1, -0.05) is 26.2 Å². The number of ether oxygens (including phenoxy) is 1. The van der Waals surface area contributed by atoms with Crippen LogP contribution in [0.1, 0.15) is 58.8 Å². The molecule has 16 heavy (non-hydrogen) atoms. The van der Waals surface area contributed by atoms with E-state index in [2.05, 4.69) is 19.2 Å². The van der Waals surface area contributed by atoms with Crippen molar-refractivity contribution in [3.05, 3.63) is 0 Å². The average molecular weight is 225 g/mol. The molecule has 2 aliphatic carbocycles. The van der Waals surface area contributed by atoms with Crippen LogP contribution in [-0.2, 0) is 4.74 Å². The van der Waals surface area contributed by atoms with Gasteiger partial charge in [-0.3, -0.25) is 0 Å². The van der Waals surface area contributed by atoms with E-state index in [1.807, 2.05) is 0 Å². The molecule has 2 aliphatic rings. The zero-order chi connectivity index (χ0) is 11.4. The second kappa shape index (κ2) is 6.02. The van der Waals surface area contributed by atoms with E-state index in [0.717, 1.165) is 18.5 Å². The monoisotopic (exact) mass is 225 g/mol. The summed E-state index contributed by atoms with van der Waals surface area (Å²) in [5, 5.41) is 3.55. The van der Waals surface area contributed by atoms with Crippen LogP contribution in [0.2, 0.25) is 0 Å². The highest BCUT2D eigenvalue weighted by Gasteiger charge is 2.24. The van der Waals surface area contributed by atoms with Crippen LogP contribution in [0.5, 0.6) is 0 Å². The summed E-state index contributed by atoms with van der Waals surface area (Å²) in [5.74, 6) is 0.919. The van der Waals surface area contributed by atoms with Crippen molar-refractivity contribution in [2.75, 3.05) is 6.54 Å². The van der Waals surface area contributed by atoms with Crippen molar-refractivity contribution in [1.82, 2.24) is 5.32 Å². The molecule has 0 spiro atoms. The highest BCUT2D eigenvalue weighted by Crippen LogP contribution is 2.29. The van der Waals surface area contributed by atoms with Crippen molar-refractivity contribution in [3.63, 3.8) is 0 Å². The van der Waals surface area contributed by atoms with Crippen LogP contribution in [0.15, 0.2) is 0 Å². The fourth-order valence-electron chi connectivity index (χ4n) is 2.73. The minimum Gasteiger partial charge on any atom is -0.374 e. The van der Waals surface area contributed by atoms with Crippen molar-refractivity contribution in [1.29, 1.82) is 0 Å². The van der Waals surface area contributed by atoms with Crippen LogP contribution in [0, 0.1) is 5.92 Å². The van der Waals surface area contributed by atoms with Gasteiger partial charge < -0.3 is 10.1 Å². The normalized spacial score (nSPS) is 32.6. The third-order valence-corrected chi connectivity index (χ3v) is 4.01. The van der Waals surface area contributed by atoms with Crippen LogP contribution in [-0.4, -0.2) is 24.8 Å². The lowest BCUT2D eigenvalue weighted by atomic mass is 9.85. The zero-order valence-electron chi connectivity index (χ0n) is 10.9. The number of hydrogen-bond acceptors (Lipinski definition) is 2. The lowest BCUT2D eigenvalue weighted by molar-refractivity contribution is -0.0315. The SMILES string of the molecule is CCC1CCCC(OC(C)CNC2CC2)C1. The van der Waals surface area contributed by atoms with Gasteiger partial charge >= 0.3 is 0 Å². The molecule has 2 heteroatoms. The van der Waals surface area contributed by atoms with Crippen LogP contribution >= 0.6 is 0 Å². The van der Waals surface area contributed by atoms with Gasteiger partial charge in [-0.2, -0.15) is 0 Å². The first-order valence-corrected chi connectivity index (χ1v) is 7.16. The summed E-state index contributed by atoms with van der Waals surface area (Å²) in [5.41, 5.74) is 0. The molecule has 0 radical (unpaired) electrons. The molecule has 0 saturated heterocycles. The molecule has 0 heterocycles.